The van der Waals surface area contributed by atoms with Gasteiger partial charge in [-0.15, -0.1) is 0 Å². The van der Waals surface area contributed by atoms with Crippen molar-refractivity contribution in [3.8, 4) is 16.9 Å². The van der Waals surface area contributed by atoms with E-state index in [9.17, 15) is 4.79 Å². The smallest absolute Gasteiger partial charge is 0.263 e. The number of carbonyl (C=O) groups excluding carboxylic acids is 1. The van der Waals surface area contributed by atoms with Gasteiger partial charge in [-0.1, -0.05) is 48.5 Å². The van der Waals surface area contributed by atoms with Crippen molar-refractivity contribution < 1.29 is 9.53 Å². The van der Waals surface area contributed by atoms with E-state index in [4.69, 9.17) is 4.74 Å². The Hall–Kier alpha value is -3.14. The van der Waals surface area contributed by atoms with Crippen LogP contribution in [-0.4, -0.2) is 27.9 Å². The maximum Gasteiger partial charge on any atom is 0.263 e. The monoisotopic (exact) mass is 372 g/mol. The van der Waals surface area contributed by atoms with Gasteiger partial charge >= 0.3 is 0 Å². The van der Waals surface area contributed by atoms with Crippen molar-refractivity contribution >= 4 is 5.91 Å². The molecule has 28 heavy (non-hydrogen) atoms. The number of hydrogen-bond acceptors (Lipinski definition) is 3. The molecule has 1 amide bonds. The van der Waals surface area contributed by atoms with E-state index >= 15 is 0 Å². The van der Waals surface area contributed by atoms with Crippen LogP contribution in [0.2, 0.25) is 0 Å². The van der Waals surface area contributed by atoms with Gasteiger partial charge in [-0.2, -0.15) is 0 Å². The van der Waals surface area contributed by atoms with E-state index in [1.54, 1.807) is 6.20 Å². The lowest BCUT2D eigenvalue weighted by Gasteiger charge is -2.26. The summed E-state index contributed by atoms with van der Waals surface area (Å²) in [5, 5.41) is 0. The van der Waals surface area contributed by atoms with Crippen molar-refractivity contribution in [1.29, 1.82) is 0 Å². The number of ether oxygens (including phenoxy) is 1. The van der Waals surface area contributed by atoms with Crippen molar-refractivity contribution in [2.75, 3.05) is 0 Å². The first-order valence-electron chi connectivity index (χ1n) is 9.73. The Morgan fingerprint density at radius 1 is 1.00 bits per heavy atom. The van der Waals surface area contributed by atoms with E-state index in [-0.39, 0.29) is 5.91 Å². The van der Waals surface area contributed by atoms with Gasteiger partial charge in [0.15, 0.2) is 6.10 Å². The molecule has 3 aromatic rings. The summed E-state index contributed by atoms with van der Waals surface area (Å²) < 4.78 is 5.95. The molecule has 1 atom stereocenters. The number of benzene rings is 2. The van der Waals surface area contributed by atoms with Gasteiger partial charge in [0, 0.05) is 12.2 Å². The molecular weight excluding hydrogens is 348 g/mol. The molecule has 2 aromatic carbocycles. The van der Waals surface area contributed by atoms with Crippen LogP contribution in [0.1, 0.15) is 25.5 Å². The molecule has 1 saturated carbocycles. The second-order valence-corrected chi connectivity index (χ2v) is 7.17. The highest BCUT2D eigenvalue weighted by Crippen LogP contribution is 2.29. The van der Waals surface area contributed by atoms with Crippen LogP contribution in [-0.2, 0) is 11.3 Å². The van der Waals surface area contributed by atoms with Crippen LogP contribution in [0.4, 0.5) is 0 Å². The van der Waals surface area contributed by atoms with Gasteiger partial charge in [0.2, 0.25) is 0 Å². The van der Waals surface area contributed by atoms with E-state index in [0.717, 1.165) is 29.7 Å². The van der Waals surface area contributed by atoms with Gasteiger partial charge in [0.05, 0.1) is 12.2 Å². The third-order valence-corrected chi connectivity index (χ3v) is 4.95. The average molecular weight is 372 g/mol. The first-order valence-corrected chi connectivity index (χ1v) is 9.73. The lowest BCUT2D eigenvalue weighted by molar-refractivity contribution is -0.139. The topological polar surface area (TPSA) is 42.4 Å². The molecule has 4 nitrogen and oxygen atoms in total. The number of aromatic nitrogens is 1. The first-order chi connectivity index (χ1) is 13.7. The fourth-order valence-electron chi connectivity index (χ4n) is 3.28. The van der Waals surface area contributed by atoms with Gasteiger partial charge in [-0.25, -0.2) is 0 Å². The predicted octanol–water partition coefficient (Wildman–Crippen LogP) is 4.71. The lowest BCUT2D eigenvalue weighted by atomic mass is 10.1. The van der Waals surface area contributed by atoms with Crippen LogP contribution in [0.15, 0.2) is 79.0 Å². The van der Waals surface area contributed by atoms with Crippen LogP contribution < -0.4 is 4.74 Å². The molecule has 1 aromatic heterocycles. The molecule has 1 unspecified atom stereocenters. The van der Waals surface area contributed by atoms with Crippen molar-refractivity contribution in [3.63, 3.8) is 0 Å². The third kappa shape index (κ3) is 4.39. The van der Waals surface area contributed by atoms with Crippen molar-refractivity contribution in [1.82, 2.24) is 9.88 Å². The van der Waals surface area contributed by atoms with Crippen molar-refractivity contribution in [2.24, 2.45) is 0 Å². The fourth-order valence-corrected chi connectivity index (χ4v) is 3.28. The van der Waals surface area contributed by atoms with Crippen molar-refractivity contribution in [3.05, 3.63) is 84.7 Å². The summed E-state index contributed by atoms with van der Waals surface area (Å²) in [6.45, 7) is 2.35. The Labute approximate surface area is 165 Å². The minimum absolute atomic E-state index is 0.0142. The molecule has 1 fully saturated rings. The van der Waals surface area contributed by atoms with Gasteiger partial charge in [-0.05, 0) is 55.2 Å². The van der Waals surface area contributed by atoms with E-state index < -0.39 is 6.10 Å². The highest BCUT2D eigenvalue weighted by Gasteiger charge is 2.35. The zero-order valence-corrected chi connectivity index (χ0v) is 16.0. The largest absolute Gasteiger partial charge is 0.481 e. The van der Waals surface area contributed by atoms with Gasteiger partial charge in [-0.3, -0.25) is 9.78 Å². The summed E-state index contributed by atoms with van der Waals surface area (Å²) in [6.07, 6.45) is 3.33. The molecule has 0 spiro atoms. The van der Waals surface area contributed by atoms with E-state index in [1.165, 1.54) is 0 Å². The maximum atomic E-state index is 13.0. The summed E-state index contributed by atoms with van der Waals surface area (Å²) in [6, 6.07) is 24.2. The molecule has 1 heterocycles. The quantitative estimate of drug-likeness (QED) is 0.603. The molecule has 142 valence electrons. The zero-order chi connectivity index (χ0) is 19.3. The van der Waals surface area contributed by atoms with Crippen LogP contribution >= 0.6 is 0 Å². The SMILES string of the molecule is CC(Oc1ccc(-c2ccccc2)cc1)C(=O)N(Cc1ccccn1)C1CC1. The highest BCUT2D eigenvalue weighted by atomic mass is 16.5. The number of pyridine rings is 1. The molecule has 0 N–H and O–H groups in total. The minimum atomic E-state index is -0.535. The Morgan fingerprint density at radius 2 is 1.68 bits per heavy atom. The molecule has 4 heteroatoms. The molecular formula is C24H24N2O2. The summed E-state index contributed by atoms with van der Waals surface area (Å²) >= 11 is 0. The Morgan fingerprint density at radius 3 is 2.32 bits per heavy atom. The second-order valence-electron chi connectivity index (χ2n) is 7.17. The van der Waals surface area contributed by atoms with Crippen molar-refractivity contribution in [2.45, 2.75) is 38.5 Å². The number of hydrogen-bond donors (Lipinski definition) is 0. The standard InChI is InChI=1S/C24H24N2O2/c1-18(24(27)26(22-12-13-22)17-21-9-5-6-16-25-21)28-23-14-10-20(11-15-23)19-7-3-2-4-8-19/h2-11,14-16,18,22H,12-13,17H2,1H3. The van der Waals surface area contributed by atoms with Gasteiger partial charge in [0.25, 0.3) is 5.91 Å². The highest BCUT2D eigenvalue weighted by molar-refractivity contribution is 5.81. The van der Waals surface area contributed by atoms with E-state index in [2.05, 4.69) is 17.1 Å². The van der Waals surface area contributed by atoms with Crippen LogP contribution in [0.5, 0.6) is 5.75 Å². The Bertz CT molecular complexity index is 906. The molecule has 1 aliphatic rings. The fraction of sp³-hybridized carbons (Fsp3) is 0.250. The average Bonchev–Trinajstić information content (AvgIpc) is 3.59. The number of amides is 1. The predicted molar refractivity (Wildman–Crippen MR) is 110 cm³/mol. The number of nitrogens with zero attached hydrogens (tertiary/aromatic N) is 2. The van der Waals surface area contributed by atoms with Gasteiger partial charge < -0.3 is 9.64 Å². The molecule has 0 aliphatic heterocycles. The van der Waals surface area contributed by atoms with E-state index in [0.29, 0.717) is 18.3 Å². The van der Waals surface area contributed by atoms with Crippen LogP contribution in [0, 0.1) is 0 Å². The lowest BCUT2D eigenvalue weighted by Crippen LogP contribution is -2.41. The van der Waals surface area contributed by atoms with Gasteiger partial charge in [0.1, 0.15) is 5.75 Å². The van der Waals surface area contributed by atoms with Crippen LogP contribution in [0.3, 0.4) is 0 Å². The first kappa shape index (κ1) is 18.2. The third-order valence-electron chi connectivity index (χ3n) is 4.95. The number of rotatable bonds is 7. The Balaban J connectivity index is 1.42. The normalized spacial score (nSPS) is 14.3. The number of carbonyl (C=O) groups is 1. The maximum absolute atomic E-state index is 13.0. The second kappa shape index (κ2) is 8.26. The molecule has 0 bridgehead atoms. The van der Waals surface area contributed by atoms with Crippen LogP contribution in [0.25, 0.3) is 11.1 Å². The summed E-state index contributed by atoms with van der Waals surface area (Å²) in [7, 11) is 0. The summed E-state index contributed by atoms with van der Waals surface area (Å²) in [4.78, 5) is 19.3. The Kier molecular flexibility index (Phi) is 5.38. The molecule has 4 rings (SSSR count). The molecule has 0 saturated heterocycles. The zero-order valence-electron chi connectivity index (χ0n) is 16.0. The minimum Gasteiger partial charge on any atom is -0.481 e. The molecule has 0 radical (unpaired) electrons. The summed E-state index contributed by atoms with van der Waals surface area (Å²) in [5.41, 5.74) is 3.19. The molecule has 1 aliphatic carbocycles. The van der Waals surface area contributed by atoms with E-state index in [1.807, 2.05) is 72.5 Å². The summed E-state index contributed by atoms with van der Waals surface area (Å²) in [5.74, 6) is 0.717.